The summed E-state index contributed by atoms with van der Waals surface area (Å²) in [6.45, 7) is 0.288. The molecule has 2 aromatic rings. The molecular weight excluding hydrogens is 367 g/mol. The van der Waals surface area contributed by atoms with E-state index in [0.717, 1.165) is 10.1 Å². The number of nitrogens with zero attached hydrogens (tertiary/aromatic N) is 4. The normalized spacial score (nSPS) is 10.4. The van der Waals surface area contributed by atoms with Gasteiger partial charge in [-0.15, -0.1) is 0 Å². The van der Waals surface area contributed by atoms with Gasteiger partial charge < -0.3 is 4.90 Å². The van der Waals surface area contributed by atoms with Gasteiger partial charge in [0.2, 0.25) is 0 Å². The van der Waals surface area contributed by atoms with Crippen molar-refractivity contribution in [1.29, 1.82) is 5.26 Å². The Morgan fingerprint density at radius 2 is 1.96 bits per heavy atom. The van der Waals surface area contributed by atoms with Crippen molar-refractivity contribution in [2.24, 2.45) is 14.1 Å². The lowest BCUT2D eigenvalue weighted by molar-refractivity contribution is 0.625. The summed E-state index contributed by atoms with van der Waals surface area (Å²) in [5.41, 5.74) is -0.522. The van der Waals surface area contributed by atoms with Crippen LogP contribution in [0.25, 0.3) is 0 Å². The first-order valence-electron chi connectivity index (χ1n) is 6.63. The minimum absolute atomic E-state index is 0.115. The molecule has 0 amide bonds. The highest BCUT2D eigenvalue weighted by Gasteiger charge is 2.19. The molecular formula is C15H14BrFN4O2. The van der Waals surface area contributed by atoms with Gasteiger partial charge in [0.25, 0.3) is 5.56 Å². The second-order valence-corrected chi connectivity index (χ2v) is 5.96. The second-order valence-electron chi connectivity index (χ2n) is 5.11. The van der Waals surface area contributed by atoms with E-state index in [-0.39, 0.29) is 23.7 Å². The summed E-state index contributed by atoms with van der Waals surface area (Å²) in [6, 6.07) is 6.11. The van der Waals surface area contributed by atoms with Gasteiger partial charge in [0.15, 0.2) is 5.56 Å². The number of rotatable bonds is 3. The fourth-order valence-electron chi connectivity index (χ4n) is 2.36. The summed E-state index contributed by atoms with van der Waals surface area (Å²) in [5.74, 6) is -0.154. The topological polar surface area (TPSA) is 71.0 Å². The molecule has 0 atom stereocenters. The Hall–Kier alpha value is -2.40. The van der Waals surface area contributed by atoms with Crippen molar-refractivity contribution >= 4 is 21.7 Å². The summed E-state index contributed by atoms with van der Waals surface area (Å²) in [4.78, 5) is 25.8. The fraction of sp³-hybridized carbons (Fsp3) is 0.267. The first-order chi connectivity index (χ1) is 10.8. The summed E-state index contributed by atoms with van der Waals surface area (Å²) in [7, 11) is 4.48. The number of hydrogen-bond acceptors (Lipinski definition) is 4. The summed E-state index contributed by atoms with van der Waals surface area (Å²) in [5, 5.41) is 9.28. The van der Waals surface area contributed by atoms with E-state index >= 15 is 0 Å². The number of aromatic nitrogens is 2. The van der Waals surface area contributed by atoms with Gasteiger partial charge in [-0.05, 0) is 17.7 Å². The van der Waals surface area contributed by atoms with Gasteiger partial charge >= 0.3 is 5.69 Å². The third-order valence-corrected chi connectivity index (χ3v) is 4.27. The van der Waals surface area contributed by atoms with Gasteiger partial charge in [0, 0.05) is 32.2 Å². The van der Waals surface area contributed by atoms with Crippen LogP contribution in [0.15, 0.2) is 32.3 Å². The van der Waals surface area contributed by atoms with E-state index in [1.807, 2.05) is 6.07 Å². The van der Waals surface area contributed by atoms with E-state index in [9.17, 15) is 19.2 Å². The van der Waals surface area contributed by atoms with Crippen LogP contribution in [0.2, 0.25) is 0 Å². The van der Waals surface area contributed by atoms with Gasteiger partial charge in [-0.1, -0.05) is 22.0 Å². The molecule has 0 unspecified atom stereocenters. The fourth-order valence-corrected chi connectivity index (χ4v) is 2.83. The molecule has 0 aliphatic carbocycles. The average Bonchev–Trinajstić information content (AvgIpc) is 2.51. The predicted molar refractivity (Wildman–Crippen MR) is 87.8 cm³/mol. The van der Waals surface area contributed by atoms with Crippen LogP contribution in [0, 0.1) is 17.1 Å². The third kappa shape index (κ3) is 3.05. The lowest BCUT2D eigenvalue weighted by Gasteiger charge is -2.23. The molecule has 0 spiro atoms. The SMILES string of the molecule is CN(Cc1ccc(F)cc1Br)c1c(C#N)c(=O)n(C)c(=O)n1C. The molecule has 0 saturated heterocycles. The predicted octanol–water partition coefficient (Wildman–Crippen LogP) is 1.49. The summed E-state index contributed by atoms with van der Waals surface area (Å²) >= 11 is 3.28. The van der Waals surface area contributed by atoms with Gasteiger partial charge in [0.1, 0.15) is 17.7 Å². The molecule has 1 aromatic carbocycles. The van der Waals surface area contributed by atoms with Crippen LogP contribution in [0.5, 0.6) is 0 Å². The van der Waals surface area contributed by atoms with Crippen molar-refractivity contribution in [2.45, 2.75) is 6.54 Å². The Balaban J connectivity index is 2.56. The lowest BCUT2D eigenvalue weighted by atomic mass is 10.2. The summed E-state index contributed by atoms with van der Waals surface area (Å²) in [6.07, 6.45) is 0. The molecule has 0 N–H and O–H groups in total. The molecule has 0 radical (unpaired) electrons. The molecule has 1 heterocycles. The number of hydrogen-bond donors (Lipinski definition) is 0. The molecule has 2 rings (SSSR count). The highest BCUT2D eigenvalue weighted by molar-refractivity contribution is 9.10. The Kier molecular flexibility index (Phi) is 4.71. The van der Waals surface area contributed by atoms with Crippen LogP contribution >= 0.6 is 15.9 Å². The number of nitriles is 1. The van der Waals surface area contributed by atoms with Gasteiger partial charge in [0.05, 0.1) is 0 Å². The first-order valence-corrected chi connectivity index (χ1v) is 7.42. The van der Waals surface area contributed by atoms with Crippen LogP contribution in [-0.4, -0.2) is 16.2 Å². The minimum atomic E-state index is -0.643. The number of halogens is 2. The molecule has 23 heavy (non-hydrogen) atoms. The lowest BCUT2D eigenvalue weighted by Crippen LogP contribution is -2.41. The number of anilines is 1. The second kappa shape index (κ2) is 6.38. The molecule has 0 aliphatic heterocycles. The standard InChI is InChI=1S/C15H14BrFN4O2/c1-19(8-9-4-5-10(17)6-12(9)16)13-11(7-18)14(22)21(3)15(23)20(13)2/h4-6H,8H2,1-3H3. The van der Waals surface area contributed by atoms with Crippen molar-refractivity contribution in [2.75, 3.05) is 11.9 Å². The van der Waals surface area contributed by atoms with Gasteiger partial charge in [-0.25, -0.2) is 9.18 Å². The maximum absolute atomic E-state index is 13.2. The zero-order chi connectivity index (χ0) is 17.3. The molecule has 0 bridgehead atoms. The zero-order valence-corrected chi connectivity index (χ0v) is 14.4. The van der Waals surface area contributed by atoms with E-state index in [1.54, 1.807) is 18.0 Å². The Morgan fingerprint density at radius 1 is 1.30 bits per heavy atom. The number of benzene rings is 1. The van der Waals surface area contributed by atoms with Crippen molar-refractivity contribution in [3.63, 3.8) is 0 Å². The Bertz CT molecular complexity index is 927. The van der Waals surface area contributed by atoms with Crippen LogP contribution in [-0.2, 0) is 20.6 Å². The van der Waals surface area contributed by atoms with Crippen LogP contribution in [0.1, 0.15) is 11.1 Å². The van der Waals surface area contributed by atoms with Crippen LogP contribution in [0.4, 0.5) is 10.2 Å². The van der Waals surface area contributed by atoms with Crippen molar-refractivity contribution < 1.29 is 4.39 Å². The maximum atomic E-state index is 13.2. The highest BCUT2D eigenvalue weighted by Crippen LogP contribution is 2.22. The van der Waals surface area contributed by atoms with Crippen molar-refractivity contribution in [3.8, 4) is 6.07 Å². The van der Waals surface area contributed by atoms with Crippen molar-refractivity contribution in [3.05, 3.63) is 60.5 Å². The zero-order valence-electron chi connectivity index (χ0n) is 12.8. The third-order valence-electron chi connectivity index (χ3n) is 3.53. The van der Waals surface area contributed by atoms with Crippen LogP contribution < -0.4 is 16.1 Å². The van der Waals surface area contributed by atoms with Gasteiger partial charge in [-0.3, -0.25) is 13.9 Å². The molecule has 1 aromatic heterocycles. The largest absolute Gasteiger partial charge is 0.355 e. The first kappa shape index (κ1) is 17.0. The smallest absolute Gasteiger partial charge is 0.332 e. The Labute approximate surface area is 140 Å². The quantitative estimate of drug-likeness (QED) is 0.808. The monoisotopic (exact) mass is 380 g/mol. The molecule has 6 nitrogen and oxygen atoms in total. The highest BCUT2D eigenvalue weighted by atomic mass is 79.9. The maximum Gasteiger partial charge on any atom is 0.332 e. The van der Waals surface area contributed by atoms with Crippen LogP contribution in [0.3, 0.4) is 0 Å². The Morgan fingerprint density at radius 3 is 2.52 bits per heavy atom. The van der Waals surface area contributed by atoms with E-state index in [4.69, 9.17) is 0 Å². The van der Waals surface area contributed by atoms with E-state index in [2.05, 4.69) is 15.9 Å². The van der Waals surface area contributed by atoms with Gasteiger partial charge in [-0.2, -0.15) is 5.26 Å². The molecule has 0 saturated carbocycles. The molecule has 8 heteroatoms. The van der Waals surface area contributed by atoms with E-state index in [0.29, 0.717) is 4.47 Å². The molecule has 0 fully saturated rings. The van der Waals surface area contributed by atoms with E-state index < -0.39 is 11.2 Å². The van der Waals surface area contributed by atoms with Crippen molar-refractivity contribution in [1.82, 2.24) is 9.13 Å². The molecule has 0 aliphatic rings. The minimum Gasteiger partial charge on any atom is -0.355 e. The molecule has 120 valence electrons. The van der Waals surface area contributed by atoms with E-state index in [1.165, 1.54) is 30.8 Å². The summed E-state index contributed by atoms with van der Waals surface area (Å²) < 4.78 is 15.9. The average molecular weight is 381 g/mol.